The molecule has 2 nitrogen and oxygen atoms in total. The second-order valence-corrected chi connectivity index (χ2v) is 9.90. The molecule has 0 radical (unpaired) electrons. The highest BCUT2D eigenvalue weighted by Crippen LogP contribution is 2.39. The number of furan rings is 2. The van der Waals surface area contributed by atoms with Crippen LogP contribution in [-0.4, -0.2) is 0 Å². The second kappa shape index (κ2) is 5.92. The number of benzene rings is 5. The fourth-order valence-corrected chi connectivity index (χ4v) is 4.94. The van der Waals surface area contributed by atoms with E-state index in [4.69, 9.17) is 8.83 Å². The molecular weight excluding hydrogens is 392 g/mol. The topological polar surface area (TPSA) is 26.3 Å². The van der Waals surface area contributed by atoms with Gasteiger partial charge in [-0.1, -0.05) is 63.2 Å². The van der Waals surface area contributed by atoms with Crippen molar-refractivity contribution in [3.8, 4) is 0 Å². The molecule has 0 atom stereocenters. The number of fused-ring (bicyclic) bond motifs is 8. The Morgan fingerprint density at radius 3 is 1.53 bits per heavy atom. The van der Waals surface area contributed by atoms with E-state index in [1.54, 1.807) is 0 Å². The van der Waals surface area contributed by atoms with Gasteiger partial charge in [0.1, 0.15) is 22.3 Å². The molecule has 2 aromatic heterocycles. The van der Waals surface area contributed by atoms with E-state index in [-0.39, 0.29) is 5.41 Å². The highest BCUT2D eigenvalue weighted by Gasteiger charge is 2.17. The van der Waals surface area contributed by atoms with Gasteiger partial charge in [-0.05, 0) is 68.9 Å². The molecule has 154 valence electrons. The summed E-state index contributed by atoms with van der Waals surface area (Å²) in [6, 6.07) is 28.2. The van der Waals surface area contributed by atoms with Crippen LogP contribution < -0.4 is 0 Å². The van der Waals surface area contributed by atoms with Crippen LogP contribution in [0.5, 0.6) is 0 Å². The van der Waals surface area contributed by atoms with Crippen LogP contribution in [0.4, 0.5) is 0 Å². The fraction of sp³-hybridized carbons (Fsp3) is 0.133. The van der Waals surface area contributed by atoms with Crippen molar-refractivity contribution in [3.05, 3.63) is 84.4 Å². The number of hydrogen-bond acceptors (Lipinski definition) is 2. The molecular formula is C30H22O2. The van der Waals surface area contributed by atoms with Gasteiger partial charge >= 0.3 is 0 Å². The predicted molar refractivity (Wildman–Crippen MR) is 135 cm³/mol. The second-order valence-electron chi connectivity index (χ2n) is 9.90. The standard InChI is InChI=1S/C30H22O2/c1-30(2,3)21-9-8-19-14-27-23(12-20(19)10-21)25-16-28-24(15-29(25)32-27)22-11-17-6-4-5-7-18(17)13-26(22)31-28/h4-16H,1-3H3. The van der Waals surface area contributed by atoms with E-state index >= 15 is 0 Å². The normalized spacial score (nSPS) is 12.8. The summed E-state index contributed by atoms with van der Waals surface area (Å²) in [5.41, 5.74) is 5.08. The summed E-state index contributed by atoms with van der Waals surface area (Å²) in [6.07, 6.45) is 0. The Morgan fingerprint density at radius 1 is 0.469 bits per heavy atom. The van der Waals surface area contributed by atoms with Crippen molar-refractivity contribution in [1.82, 2.24) is 0 Å². The van der Waals surface area contributed by atoms with Crippen molar-refractivity contribution in [3.63, 3.8) is 0 Å². The average Bonchev–Trinajstić information content (AvgIpc) is 3.29. The lowest BCUT2D eigenvalue weighted by Crippen LogP contribution is -2.10. The van der Waals surface area contributed by atoms with E-state index in [0.29, 0.717) is 0 Å². The lowest BCUT2D eigenvalue weighted by Gasteiger charge is -2.19. The first kappa shape index (κ1) is 17.9. The van der Waals surface area contributed by atoms with Gasteiger partial charge in [0.25, 0.3) is 0 Å². The first-order valence-corrected chi connectivity index (χ1v) is 11.1. The molecule has 7 aromatic rings. The summed E-state index contributed by atoms with van der Waals surface area (Å²) >= 11 is 0. The lowest BCUT2D eigenvalue weighted by atomic mass is 9.86. The highest BCUT2D eigenvalue weighted by atomic mass is 16.3. The molecule has 0 amide bonds. The van der Waals surface area contributed by atoms with E-state index in [9.17, 15) is 0 Å². The van der Waals surface area contributed by atoms with Gasteiger partial charge in [-0.3, -0.25) is 0 Å². The third-order valence-corrected chi connectivity index (χ3v) is 6.75. The maximum atomic E-state index is 6.33. The van der Waals surface area contributed by atoms with Gasteiger partial charge in [0.05, 0.1) is 0 Å². The zero-order valence-electron chi connectivity index (χ0n) is 18.3. The van der Waals surface area contributed by atoms with Crippen LogP contribution in [0.2, 0.25) is 0 Å². The van der Waals surface area contributed by atoms with Gasteiger partial charge < -0.3 is 8.83 Å². The van der Waals surface area contributed by atoms with Crippen LogP contribution in [0, 0.1) is 0 Å². The summed E-state index contributed by atoms with van der Waals surface area (Å²) in [5, 5.41) is 9.29. The monoisotopic (exact) mass is 414 g/mol. The summed E-state index contributed by atoms with van der Waals surface area (Å²) < 4.78 is 12.6. The van der Waals surface area contributed by atoms with Crippen LogP contribution >= 0.6 is 0 Å². The fourth-order valence-electron chi connectivity index (χ4n) is 4.94. The molecule has 0 aliphatic carbocycles. The van der Waals surface area contributed by atoms with E-state index in [2.05, 4.69) is 99.6 Å². The van der Waals surface area contributed by atoms with Crippen molar-refractivity contribution in [1.29, 1.82) is 0 Å². The Morgan fingerprint density at radius 2 is 0.938 bits per heavy atom. The summed E-state index contributed by atoms with van der Waals surface area (Å²) in [6.45, 7) is 6.76. The lowest BCUT2D eigenvalue weighted by molar-refractivity contribution is 0.591. The van der Waals surface area contributed by atoms with Gasteiger partial charge in [-0.15, -0.1) is 0 Å². The molecule has 0 fully saturated rings. The van der Waals surface area contributed by atoms with Crippen LogP contribution in [0.25, 0.3) is 65.4 Å². The molecule has 0 spiro atoms. The zero-order valence-corrected chi connectivity index (χ0v) is 18.3. The van der Waals surface area contributed by atoms with E-state index in [1.165, 1.54) is 27.1 Å². The SMILES string of the molecule is CC(C)(C)c1ccc2cc3oc4cc5c(cc4c3cc2c1)oc1cc2ccccc2cc15. The third kappa shape index (κ3) is 2.47. The van der Waals surface area contributed by atoms with Crippen molar-refractivity contribution in [2.24, 2.45) is 0 Å². The molecule has 0 unspecified atom stereocenters. The summed E-state index contributed by atoms with van der Waals surface area (Å²) in [7, 11) is 0. The quantitative estimate of drug-likeness (QED) is 0.247. The molecule has 0 N–H and O–H groups in total. The van der Waals surface area contributed by atoms with Crippen molar-refractivity contribution in [2.45, 2.75) is 26.2 Å². The van der Waals surface area contributed by atoms with Crippen molar-refractivity contribution in [2.75, 3.05) is 0 Å². The molecule has 2 heteroatoms. The Bertz CT molecular complexity index is 1860. The highest BCUT2D eigenvalue weighted by molar-refractivity contribution is 6.17. The Hall–Kier alpha value is -3.78. The first-order chi connectivity index (χ1) is 15.4. The van der Waals surface area contributed by atoms with Crippen molar-refractivity contribution >= 4 is 65.4 Å². The first-order valence-electron chi connectivity index (χ1n) is 11.1. The molecule has 5 aromatic carbocycles. The van der Waals surface area contributed by atoms with Crippen molar-refractivity contribution < 1.29 is 8.83 Å². The van der Waals surface area contributed by atoms with Gasteiger partial charge in [0.2, 0.25) is 0 Å². The van der Waals surface area contributed by atoms with Gasteiger partial charge in [0, 0.05) is 21.5 Å². The molecule has 2 heterocycles. The van der Waals surface area contributed by atoms with Crippen LogP contribution in [0.1, 0.15) is 26.3 Å². The molecule has 0 saturated carbocycles. The van der Waals surface area contributed by atoms with Crippen LogP contribution in [0.3, 0.4) is 0 Å². The molecule has 0 aliphatic heterocycles. The van der Waals surface area contributed by atoms with Gasteiger partial charge in [0.15, 0.2) is 0 Å². The largest absolute Gasteiger partial charge is 0.456 e. The minimum atomic E-state index is 0.117. The molecule has 0 aliphatic rings. The summed E-state index contributed by atoms with van der Waals surface area (Å²) in [4.78, 5) is 0. The minimum absolute atomic E-state index is 0.117. The third-order valence-electron chi connectivity index (χ3n) is 6.75. The maximum Gasteiger partial charge on any atom is 0.136 e. The molecule has 0 bridgehead atoms. The number of rotatable bonds is 0. The van der Waals surface area contributed by atoms with E-state index in [0.717, 1.165) is 43.9 Å². The Balaban J connectivity index is 1.53. The molecule has 32 heavy (non-hydrogen) atoms. The van der Waals surface area contributed by atoms with Crippen LogP contribution in [0.15, 0.2) is 87.7 Å². The minimum Gasteiger partial charge on any atom is -0.456 e. The Labute approximate surface area is 185 Å². The summed E-state index contributed by atoms with van der Waals surface area (Å²) in [5.74, 6) is 0. The van der Waals surface area contributed by atoms with Gasteiger partial charge in [-0.2, -0.15) is 0 Å². The predicted octanol–water partition coefficient (Wildman–Crippen LogP) is 9.09. The zero-order chi connectivity index (χ0) is 21.6. The van der Waals surface area contributed by atoms with E-state index in [1.807, 2.05) is 0 Å². The smallest absolute Gasteiger partial charge is 0.136 e. The molecule has 0 saturated heterocycles. The Kier molecular flexibility index (Phi) is 3.30. The maximum absolute atomic E-state index is 6.33. The number of hydrogen-bond donors (Lipinski definition) is 0. The molecule has 7 rings (SSSR count). The van der Waals surface area contributed by atoms with E-state index < -0.39 is 0 Å². The van der Waals surface area contributed by atoms with Gasteiger partial charge in [-0.25, -0.2) is 0 Å². The van der Waals surface area contributed by atoms with Crippen LogP contribution in [-0.2, 0) is 5.41 Å². The average molecular weight is 415 g/mol.